The molecule has 1 N–H and O–H groups in total. The highest BCUT2D eigenvalue weighted by Crippen LogP contribution is 2.45. The van der Waals surface area contributed by atoms with E-state index in [2.05, 4.69) is 104 Å². The van der Waals surface area contributed by atoms with E-state index in [0.29, 0.717) is 19.4 Å². The summed E-state index contributed by atoms with van der Waals surface area (Å²) in [6, 6.07) is 8.62. The third-order valence-corrected chi connectivity index (χ3v) is 19.6. The Morgan fingerprint density at radius 2 is 1.58 bits per heavy atom. The van der Waals surface area contributed by atoms with Gasteiger partial charge in [0, 0.05) is 25.9 Å². The van der Waals surface area contributed by atoms with Crippen LogP contribution in [0.15, 0.2) is 36.4 Å². The monoisotopic (exact) mass is 662 g/mol. The summed E-state index contributed by atoms with van der Waals surface area (Å²) in [7, 11) is -0.943. The number of esters is 1. The first-order valence-electron chi connectivity index (χ1n) is 17.2. The normalized spacial score (nSPS) is 22.2. The molecule has 1 aromatic carbocycles. The van der Waals surface area contributed by atoms with Gasteiger partial charge in [-0.15, -0.1) is 0 Å². The van der Waals surface area contributed by atoms with E-state index in [0.717, 1.165) is 38.5 Å². The maximum Gasteiger partial charge on any atom is 0.305 e. The standard InChI is InChI=1S/C37H66O6Si2/c1-36(2,3)44(9,10)42-30(25-28-18-17-19-29(24-28)27-40-7)22-23-32-31(20-15-13-14-16-21-35(39)41-8)33(38)26-34(32)43-45(11,12)37(4,5)6/h17-19,22-24,30-34,38H,13-16,20-21,25-27H2,1-12H3/t30-,31+,32+,33+,34+/m0/s1. The summed E-state index contributed by atoms with van der Waals surface area (Å²) in [5.41, 5.74) is 2.40. The first kappa shape index (κ1) is 39.9. The summed E-state index contributed by atoms with van der Waals surface area (Å²) < 4.78 is 24.3. The van der Waals surface area contributed by atoms with Gasteiger partial charge >= 0.3 is 5.97 Å². The third-order valence-electron chi connectivity index (χ3n) is 10.6. The Hall–Kier alpha value is -1.30. The lowest BCUT2D eigenvalue weighted by molar-refractivity contribution is -0.140. The smallest absolute Gasteiger partial charge is 0.305 e. The SMILES string of the molecule is COCc1cccc(C[C@H](C=C[C@@H]2[C@@H](CCCCCCC(=O)OC)[C@H](O)C[C@H]2O[Si](C)(C)C(C)(C)C)O[Si](C)(C)C(C)(C)C)c1. The van der Waals surface area contributed by atoms with Gasteiger partial charge in [-0.25, -0.2) is 0 Å². The molecule has 1 aliphatic carbocycles. The van der Waals surface area contributed by atoms with Crippen LogP contribution in [0.3, 0.4) is 0 Å². The van der Waals surface area contributed by atoms with Crippen LogP contribution in [0.1, 0.15) is 97.6 Å². The Morgan fingerprint density at radius 3 is 2.18 bits per heavy atom. The van der Waals surface area contributed by atoms with Crippen LogP contribution >= 0.6 is 0 Å². The second-order valence-corrected chi connectivity index (χ2v) is 25.8. The fourth-order valence-corrected chi connectivity index (χ4v) is 8.38. The minimum Gasteiger partial charge on any atom is -0.469 e. The Morgan fingerprint density at radius 1 is 0.956 bits per heavy atom. The molecule has 1 aromatic rings. The highest BCUT2D eigenvalue weighted by atomic mass is 28.4. The molecule has 258 valence electrons. The van der Waals surface area contributed by atoms with Crippen LogP contribution in [-0.2, 0) is 36.1 Å². The van der Waals surface area contributed by atoms with Gasteiger partial charge in [0.15, 0.2) is 16.6 Å². The molecule has 5 atom stereocenters. The number of unbranched alkanes of at least 4 members (excludes halogenated alkanes) is 3. The van der Waals surface area contributed by atoms with Crippen molar-refractivity contribution in [3.05, 3.63) is 47.5 Å². The number of benzene rings is 1. The second-order valence-electron chi connectivity index (χ2n) is 16.2. The number of hydrogen-bond donors (Lipinski definition) is 1. The van der Waals surface area contributed by atoms with Crippen LogP contribution in [-0.4, -0.2) is 60.2 Å². The number of carbonyl (C=O) groups excluding carboxylic acids is 1. The molecule has 0 unspecified atom stereocenters. The zero-order chi connectivity index (χ0) is 34.1. The summed E-state index contributed by atoms with van der Waals surface area (Å²) >= 11 is 0. The average Bonchev–Trinajstić information content (AvgIpc) is 3.20. The van der Waals surface area contributed by atoms with Gasteiger partial charge in [-0.05, 0) is 72.6 Å². The molecular weight excluding hydrogens is 597 g/mol. The fourth-order valence-electron chi connectivity index (χ4n) is 5.74. The summed E-state index contributed by atoms with van der Waals surface area (Å²) in [6.07, 6.45) is 10.9. The van der Waals surface area contributed by atoms with Crippen LogP contribution in [0.2, 0.25) is 36.3 Å². The highest BCUT2D eigenvalue weighted by Gasteiger charge is 2.47. The molecule has 1 aliphatic rings. The lowest BCUT2D eigenvalue weighted by Crippen LogP contribution is -2.45. The topological polar surface area (TPSA) is 74.2 Å². The molecule has 45 heavy (non-hydrogen) atoms. The van der Waals surface area contributed by atoms with E-state index in [9.17, 15) is 9.90 Å². The number of hydrogen-bond acceptors (Lipinski definition) is 6. The van der Waals surface area contributed by atoms with E-state index in [-0.39, 0.29) is 40.1 Å². The molecule has 0 bridgehead atoms. The first-order chi connectivity index (χ1) is 20.8. The van der Waals surface area contributed by atoms with Crippen molar-refractivity contribution in [2.24, 2.45) is 11.8 Å². The molecule has 6 nitrogen and oxygen atoms in total. The zero-order valence-corrected chi connectivity index (χ0v) is 32.7. The molecule has 1 saturated carbocycles. The van der Waals surface area contributed by atoms with Gasteiger partial charge in [0.2, 0.25) is 0 Å². The number of aliphatic hydroxyl groups excluding tert-OH is 1. The van der Waals surface area contributed by atoms with Gasteiger partial charge < -0.3 is 23.4 Å². The van der Waals surface area contributed by atoms with Crippen molar-refractivity contribution in [1.82, 2.24) is 0 Å². The van der Waals surface area contributed by atoms with Crippen molar-refractivity contribution in [3.63, 3.8) is 0 Å². The van der Waals surface area contributed by atoms with Crippen molar-refractivity contribution in [1.29, 1.82) is 0 Å². The summed E-state index contributed by atoms with van der Waals surface area (Å²) in [5.74, 6) is 0.113. The third kappa shape index (κ3) is 12.3. The summed E-state index contributed by atoms with van der Waals surface area (Å²) in [4.78, 5) is 11.5. The van der Waals surface area contributed by atoms with Crippen molar-refractivity contribution >= 4 is 22.6 Å². The van der Waals surface area contributed by atoms with E-state index in [1.165, 1.54) is 18.2 Å². The first-order valence-corrected chi connectivity index (χ1v) is 23.0. The highest BCUT2D eigenvalue weighted by molar-refractivity contribution is 6.74. The minimum atomic E-state index is -2.07. The Labute approximate surface area is 277 Å². The fraction of sp³-hybridized carbons (Fsp3) is 0.757. The molecule has 1 fully saturated rings. The van der Waals surface area contributed by atoms with Gasteiger partial charge in [0.1, 0.15) is 0 Å². The van der Waals surface area contributed by atoms with E-state index in [1.54, 1.807) is 7.11 Å². The van der Waals surface area contributed by atoms with Gasteiger partial charge in [0.05, 0.1) is 32.0 Å². The predicted molar refractivity (Wildman–Crippen MR) is 191 cm³/mol. The van der Waals surface area contributed by atoms with Crippen LogP contribution in [0.25, 0.3) is 0 Å². The summed E-state index contributed by atoms with van der Waals surface area (Å²) in [5, 5.41) is 11.6. The zero-order valence-electron chi connectivity index (χ0n) is 30.7. The summed E-state index contributed by atoms with van der Waals surface area (Å²) in [6.45, 7) is 23.6. The quantitative estimate of drug-likeness (QED) is 0.0776. The largest absolute Gasteiger partial charge is 0.469 e. The van der Waals surface area contributed by atoms with Crippen LogP contribution in [0.5, 0.6) is 0 Å². The van der Waals surface area contributed by atoms with Crippen molar-refractivity contribution in [2.45, 2.75) is 154 Å². The van der Waals surface area contributed by atoms with Crippen LogP contribution in [0.4, 0.5) is 0 Å². The molecule has 0 amide bonds. The number of ether oxygens (including phenoxy) is 2. The molecule has 0 aliphatic heterocycles. The molecule has 0 aromatic heterocycles. The van der Waals surface area contributed by atoms with Crippen molar-refractivity contribution in [2.75, 3.05) is 14.2 Å². The number of rotatable bonds is 17. The van der Waals surface area contributed by atoms with Crippen LogP contribution in [0, 0.1) is 11.8 Å². The number of aliphatic hydroxyl groups is 1. The van der Waals surface area contributed by atoms with E-state index >= 15 is 0 Å². The second kappa shape index (κ2) is 17.2. The molecule has 0 saturated heterocycles. The number of carbonyl (C=O) groups is 1. The van der Waals surface area contributed by atoms with Gasteiger partial charge in [-0.3, -0.25) is 4.79 Å². The lowest BCUT2D eigenvalue weighted by atomic mass is 9.87. The molecule has 2 rings (SSSR count). The number of methoxy groups -OCH3 is 2. The molecule has 0 spiro atoms. The van der Waals surface area contributed by atoms with Crippen molar-refractivity contribution in [3.8, 4) is 0 Å². The van der Waals surface area contributed by atoms with Crippen LogP contribution < -0.4 is 0 Å². The van der Waals surface area contributed by atoms with E-state index in [4.69, 9.17) is 18.3 Å². The van der Waals surface area contributed by atoms with E-state index in [1.807, 2.05) is 0 Å². The maximum atomic E-state index is 11.5. The molecular formula is C37H66O6Si2. The molecule has 0 heterocycles. The Balaban J connectivity index is 2.36. The molecule has 8 heteroatoms. The maximum absolute atomic E-state index is 11.5. The predicted octanol–water partition coefficient (Wildman–Crippen LogP) is 9.22. The van der Waals surface area contributed by atoms with Gasteiger partial charge in [0.25, 0.3) is 0 Å². The Kier molecular flexibility index (Phi) is 15.2. The molecule has 0 radical (unpaired) electrons. The lowest BCUT2D eigenvalue weighted by Gasteiger charge is -2.40. The van der Waals surface area contributed by atoms with Gasteiger partial charge in [-0.2, -0.15) is 0 Å². The minimum absolute atomic E-state index is 0.0139. The van der Waals surface area contributed by atoms with E-state index < -0.39 is 22.7 Å². The average molecular weight is 663 g/mol. The Bertz CT molecular complexity index is 1070. The van der Waals surface area contributed by atoms with Crippen molar-refractivity contribution < 1.29 is 28.2 Å². The van der Waals surface area contributed by atoms with Gasteiger partial charge in [-0.1, -0.05) is 97.2 Å².